The van der Waals surface area contributed by atoms with Gasteiger partial charge >= 0.3 is 6.18 Å². The van der Waals surface area contributed by atoms with E-state index in [0.717, 1.165) is 6.21 Å². The molecule has 23 heavy (non-hydrogen) atoms. The second kappa shape index (κ2) is 5.79. The lowest BCUT2D eigenvalue weighted by atomic mass is 10.1. The second-order valence-electron chi connectivity index (χ2n) is 5.53. The Bertz CT molecular complexity index is 658. The minimum atomic E-state index is -5.00. The third-order valence-corrected chi connectivity index (χ3v) is 4.29. The van der Waals surface area contributed by atoms with Crippen LogP contribution in [0.5, 0.6) is 0 Å². The van der Waals surface area contributed by atoms with Gasteiger partial charge in [0.1, 0.15) is 0 Å². The molecule has 1 N–H and O–H groups in total. The molecule has 1 aliphatic heterocycles. The quantitative estimate of drug-likeness (QED) is 0.907. The van der Waals surface area contributed by atoms with E-state index in [1.54, 1.807) is 13.8 Å². The third-order valence-electron chi connectivity index (χ3n) is 3.75. The Morgan fingerprint density at radius 2 is 2.13 bits per heavy atom. The van der Waals surface area contributed by atoms with Crippen LogP contribution in [0, 0.1) is 19.8 Å². The van der Waals surface area contributed by atoms with Crippen molar-refractivity contribution in [1.82, 2.24) is 14.8 Å². The average molecular weight is 353 g/mol. The van der Waals surface area contributed by atoms with Gasteiger partial charge in [0.05, 0.1) is 28.9 Å². The van der Waals surface area contributed by atoms with Gasteiger partial charge in [0.2, 0.25) is 5.91 Å². The molecule has 128 valence electrons. The zero-order valence-corrected chi connectivity index (χ0v) is 13.5. The maximum atomic E-state index is 13.0. The fourth-order valence-corrected chi connectivity index (χ4v) is 2.44. The molecule has 0 fully saturated rings. The Balaban J connectivity index is 2.19. The van der Waals surface area contributed by atoms with Gasteiger partial charge in [-0.1, -0.05) is 18.5 Å². The van der Waals surface area contributed by atoms with Crippen LogP contribution in [0.2, 0.25) is 5.02 Å². The van der Waals surface area contributed by atoms with Crippen LogP contribution in [0.25, 0.3) is 0 Å². The predicted molar refractivity (Wildman–Crippen MR) is 76.8 cm³/mol. The molecular formula is C13H16ClF3N4O2. The van der Waals surface area contributed by atoms with Crippen molar-refractivity contribution < 1.29 is 23.1 Å². The highest BCUT2D eigenvalue weighted by molar-refractivity contribution is 6.31. The molecule has 1 aromatic heterocycles. The topological polar surface area (TPSA) is 70.7 Å². The van der Waals surface area contributed by atoms with E-state index in [4.69, 9.17) is 11.6 Å². The van der Waals surface area contributed by atoms with E-state index in [-0.39, 0.29) is 11.6 Å². The Hall–Kier alpha value is -1.61. The van der Waals surface area contributed by atoms with Crippen molar-refractivity contribution in [3.63, 3.8) is 0 Å². The molecule has 0 saturated carbocycles. The first-order valence-electron chi connectivity index (χ1n) is 6.84. The summed E-state index contributed by atoms with van der Waals surface area (Å²) in [4.78, 5) is 12.3. The number of amides is 1. The molecule has 1 aliphatic rings. The van der Waals surface area contributed by atoms with Gasteiger partial charge in [0, 0.05) is 12.6 Å². The van der Waals surface area contributed by atoms with Gasteiger partial charge in [-0.2, -0.15) is 28.4 Å². The van der Waals surface area contributed by atoms with Crippen molar-refractivity contribution in [3.05, 3.63) is 16.4 Å². The number of hydrazone groups is 1. The number of aromatic nitrogens is 2. The summed E-state index contributed by atoms with van der Waals surface area (Å²) >= 11 is 6.00. The first-order valence-corrected chi connectivity index (χ1v) is 7.22. The number of carbonyl (C=O) groups excluding carboxylic acids is 1. The number of rotatable bonds is 3. The van der Waals surface area contributed by atoms with Crippen LogP contribution in [-0.4, -0.2) is 43.9 Å². The summed E-state index contributed by atoms with van der Waals surface area (Å²) in [5.41, 5.74) is -2.12. The number of hydrogen-bond acceptors (Lipinski definition) is 4. The molecule has 0 aliphatic carbocycles. The third kappa shape index (κ3) is 2.94. The Morgan fingerprint density at radius 3 is 2.61 bits per heavy atom. The van der Waals surface area contributed by atoms with Crippen LogP contribution in [0.1, 0.15) is 24.7 Å². The van der Waals surface area contributed by atoms with Crippen LogP contribution in [0.15, 0.2) is 5.10 Å². The van der Waals surface area contributed by atoms with Crippen molar-refractivity contribution in [2.24, 2.45) is 11.0 Å². The van der Waals surface area contributed by atoms with Gasteiger partial charge in [-0.15, -0.1) is 0 Å². The molecule has 10 heteroatoms. The molecule has 6 nitrogen and oxygen atoms in total. The van der Waals surface area contributed by atoms with E-state index in [9.17, 15) is 23.1 Å². The summed E-state index contributed by atoms with van der Waals surface area (Å²) in [5.74, 6) is -1.82. The van der Waals surface area contributed by atoms with Gasteiger partial charge in [-0.25, -0.2) is 0 Å². The molecule has 2 rings (SSSR count). The van der Waals surface area contributed by atoms with Crippen molar-refractivity contribution in [1.29, 1.82) is 0 Å². The molecule has 0 unspecified atom stereocenters. The summed E-state index contributed by atoms with van der Waals surface area (Å²) in [6.45, 7) is 4.85. The number of alkyl halides is 3. The highest BCUT2D eigenvalue weighted by Crippen LogP contribution is 2.39. The maximum absolute atomic E-state index is 13.0. The zero-order chi connectivity index (χ0) is 17.6. The van der Waals surface area contributed by atoms with E-state index in [1.165, 1.54) is 11.6 Å². The molecule has 0 bridgehead atoms. The van der Waals surface area contributed by atoms with E-state index in [0.29, 0.717) is 16.4 Å². The maximum Gasteiger partial charge on any atom is 0.438 e. The lowest BCUT2D eigenvalue weighted by Crippen LogP contribution is -2.57. The van der Waals surface area contributed by atoms with Crippen LogP contribution < -0.4 is 0 Å². The number of carbonyl (C=O) groups is 1. The minimum absolute atomic E-state index is 0.0260. The molecule has 0 radical (unpaired) electrons. The Kier molecular flexibility index (Phi) is 4.46. The summed E-state index contributed by atoms with van der Waals surface area (Å²) < 4.78 is 40.5. The van der Waals surface area contributed by atoms with E-state index >= 15 is 0 Å². The number of aryl methyl sites for hydroxylation is 1. The molecule has 2 heterocycles. The normalized spacial score (nSPS) is 22.7. The summed E-state index contributed by atoms with van der Waals surface area (Å²) in [6, 6.07) is 0. The molecule has 2 atom stereocenters. The molecule has 0 aromatic carbocycles. The van der Waals surface area contributed by atoms with Crippen LogP contribution in [-0.2, 0) is 11.3 Å². The number of nitrogens with zero attached hydrogens (tertiary/aromatic N) is 4. The fourth-order valence-electron chi connectivity index (χ4n) is 2.31. The minimum Gasteiger partial charge on any atom is -0.362 e. The molecule has 1 aromatic rings. The van der Waals surface area contributed by atoms with Gasteiger partial charge < -0.3 is 5.11 Å². The van der Waals surface area contributed by atoms with E-state index in [2.05, 4.69) is 10.2 Å². The van der Waals surface area contributed by atoms with E-state index in [1.807, 2.05) is 0 Å². The fraction of sp³-hybridized carbons (Fsp3) is 0.615. The number of hydrogen-bond donors (Lipinski definition) is 1. The smallest absolute Gasteiger partial charge is 0.362 e. The first kappa shape index (κ1) is 17.7. The van der Waals surface area contributed by atoms with Crippen molar-refractivity contribution in [2.75, 3.05) is 0 Å². The van der Waals surface area contributed by atoms with Gasteiger partial charge in [-0.05, 0) is 13.8 Å². The van der Waals surface area contributed by atoms with Crippen molar-refractivity contribution in [3.8, 4) is 0 Å². The highest BCUT2D eigenvalue weighted by Gasteiger charge is 2.61. The van der Waals surface area contributed by atoms with Crippen LogP contribution in [0.3, 0.4) is 0 Å². The molecule has 0 saturated heterocycles. The standard InChI is InChI=1S/C13H16ClF3N4O2/c1-7(6-20-9(3)10(14)8(2)19-20)11(22)21-12(23,4-5-18-21)13(15,16)17/h5,7,23H,4,6H2,1-3H3/t7-,12-/m1/s1. The van der Waals surface area contributed by atoms with Gasteiger partial charge in [0.15, 0.2) is 0 Å². The molecule has 1 amide bonds. The van der Waals surface area contributed by atoms with Gasteiger partial charge in [-0.3, -0.25) is 9.48 Å². The SMILES string of the molecule is Cc1nn(C[C@@H](C)C(=O)N2N=CC[C@@]2(O)C(F)(F)F)c(C)c1Cl. The molecular weight excluding hydrogens is 337 g/mol. The number of halogens is 4. The summed E-state index contributed by atoms with van der Waals surface area (Å²) in [7, 11) is 0. The zero-order valence-electron chi connectivity index (χ0n) is 12.7. The summed E-state index contributed by atoms with van der Waals surface area (Å²) in [6.07, 6.45) is -4.92. The van der Waals surface area contributed by atoms with Crippen molar-refractivity contribution in [2.45, 2.75) is 45.6 Å². The largest absolute Gasteiger partial charge is 0.438 e. The Labute approximate surface area is 135 Å². The Morgan fingerprint density at radius 1 is 1.52 bits per heavy atom. The van der Waals surface area contributed by atoms with Crippen LogP contribution >= 0.6 is 11.6 Å². The average Bonchev–Trinajstić information content (AvgIpc) is 2.95. The molecule has 0 spiro atoms. The second-order valence-corrected chi connectivity index (χ2v) is 5.91. The van der Waals surface area contributed by atoms with Crippen LogP contribution in [0.4, 0.5) is 13.2 Å². The lowest BCUT2D eigenvalue weighted by Gasteiger charge is -2.33. The first-order chi connectivity index (χ1) is 10.5. The van der Waals surface area contributed by atoms with Gasteiger partial charge in [0.25, 0.3) is 5.72 Å². The highest BCUT2D eigenvalue weighted by atomic mass is 35.5. The number of aliphatic hydroxyl groups is 1. The van der Waals surface area contributed by atoms with E-state index < -0.39 is 30.1 Å². The monoisotopic (exact) mass is 352 g/mol. The van der Waals surface area contributed by atoms with Crippen molar-refractivity contribution >= 4 is 23.7 Å². The lowest BCUT2D eigenvalue weighted by molar-refractivity contribution is -0.303. The summed E-state index contributed by atoms with van der Waals surface area (Å²) in [5, 5.41) is 17.9. The predicted octanol–water partition coefficient (Wildman–Crippen LogP) is 2.26.